The summed E-state index contributed by atoms with van der Waals surface area (Å²) in [6, 6.07) is 7.37. The van der Waals surface area contributed by atoms with Gasteiger partial charge < -0.3 is 15.2 Å². The van der Waals surface area contributed by atoms with Crippen molar-refractivity contribution >= 4 is 28.9 Å². The Hall–Kier alpha value is -2.90. The number of carbonyl (C=O) groups is 3. The lowest BCUT2D eigenvalue weighted by Crippen LogP contribution is -2.45. The number of rotatable bonds is 5. The molecule has 8 nitrogen and oxygen atoms in total. The van der Waals surface area contributed by atoms with Crippen molar-refractivity contribution in [3.63, 3.8) is 0 Å². The summed E-state index contributed by atoms with van der Waals surface area (Å²) in [5.74, 6) is 0.273. The Morgan fingerprint density at radius 2 is 2.00 bits per heavy atom. The van der Waals surface area contributed by atoms with Crippen LogP contribution in [0.3, 0.4) is 0 Å². The Labute approximate surface area is 156 Å². The number of hydrogen-bond acceptors (Lipinski definition) is 4. The maximum absolute atomic E-state index is 12.6. The van der Waals surface area contributed by atoms with Crippen LogP contribution in [-0.2, 0) is 16.1 Å². The maximum atomic E-state index is 12.6. The van der Waals surface area contributed by atoms with Gasteiger partial charge in [-0.1, -0.05) is 25.0 Å². The molecule has 4 amide bonds. The molecule has 0 atom stereocenters. The predicted octanol–water partition coefficient (Wildman–Crippen LogP) is 1.33. The molecule has 0 radical (unpaired) electrons. The Bertz CT molecular complexity index is 913. The molecule has 0 unspecified atom stereocenters. The highest BCUT2D eigenvalue weighted by Crippen LogP contribution is 2.34. The zero-order valence-corrected chi connectivity index (χ0v) is 15.3. The highest BCUT2D eigenvalue weighted by molar-refractivity contribution is 6.09. The number of imidazole rings is 1. The van der Waals surface area contributed by atoms with Gasteiger partial charge in [-0.25, -0.2) is 9.78 Å². The number of imide groups is 1. The first-order valence-electron chi connectivity index (χ1n) is 9.33. The normalized spacial score (nSPS) is 18.5. The Kier molecular flexibility index (Phi) is 4.33. The van der Waals surface area contributed by atoms with Gasteiger partial charge in [0.1, 0.15) is 17.9 Å². The van der Waals surface area contributed by atoms with Gasteiger partial charge in [-0.2, -0.15) is 0 Å². The molecule has 1 aromatic carbocycles. The summed E-state index contributed by atoms with van der Waals surface area (Å²) in [6.45, 7) is 2.66. The van der Waals surface area contributed by atoms with E-state index in [1.165, 1.54) is 0 Å². The van der Waals surface area contributed by atoms with E-state index in [1.54, 1.807) is 0 Å². The molecule has 142 valence electrons. The van der Waals surface area contributed by atoms with E-state index in [-0.39, 0.29) is 18.4 Å². The summed E-state index contributed by atoms with van der Waals surface area (Å²) >= 11 is 0. The van der Waals surface area contributed by atoms with E-state index in [0.29, 0.717) is 25.9 Å². The van der Waals surface area contributed by atoms with Crippen LogP contribution in [0.15, 0.2) is 24.3 Å². The molecule has 1 aromatic heterocycles. The Morgan fingerprint density at radius 1 is 1.26 bits per heavy atom. The number of carbonyl (C=O) groups excluding carboxylic acids is 3. The summed E-state index contributed by atoms with van der Waals surface area (Å²) in [6.07, 6.45) is 3.15. The first-order chi connectivity index (χ1) is 13.0. The van der Waals surface area contributed by atoms with Gasteiger partial charge in [0.05, 0.1) is 11.0 Å². The summed E-state index contributed by atoms with van der Waals surface area (Å²) < 4.78 is 2.04. The average Bonchev–Trinajstić information content (AvgIpc) is 3.30. The molecule has 0 bridgehead atoms. The van der Waals surface area contributed by atoms with Crippen LogP contribution < -0.4 is 10.6 Å². The van der Waals surface area contributed by atoms with Gasteiger partial charge in [-0.15, -0.1) is 0 Å². The van der Waals surface area contributed by atoms with Crippen molar-refractivity contribution in [3.05, 3.63) is 30.1 Å². The second kappa shape index (κ2) is 6.68. The second-order valence-electron chi connectivity index (χ2n) is 7.26. The van der Waals surface area contributed by atoms with E-state index in [0.717, 1.165) is 34.6 Å². The van der Waals surface area contributed by atoms with Gasteiger partial charge in [-0.3, -0.25) is 14.5 Å². The molecule has 8 heteroatoms. The van der Waals surface area contributed by atoms with Gasteiger partial charge in [0.15, 0.2) is 0 Å². The molecule has 4 rings (SSSR count). The van der Waals surface area contributed by atoms with Crippen LogP contribution >= 0.6 is 0 Å². The second-order valence-corrected chi connectivity index (χ2v) is 7.26. The first-order valence-corrected chi connectivity index (χ1v) is 9.33. The van der Waals surface area contributed by atoms with Crippen molar-refractivity contribution in [3.8, 4) is 0 Å². The average molecular weight is 369 g/mol. The van der Waals surface area contributed by atoms with Gasteiger partial charge in [0.2, 0.25) is 5.91 Å². The molecule has 2 heterocycles. The number of urea groups is 1. The fourth-order valence-corrected chi connectivity index (χ4v) is 4.12. The summed E-state index contributed by atoms with van der Waals surface area (Å²) in [7, 11) is 0. The molecule has 2 aliphatic rings. The number of para-hydroxylation sites is 2. The predicted molar refractivity (Wildman–Crippen MR) is 98.9 cm³/mol. The van der Waals surface area contributed by atoms with Crippen LogP contribution in [-0.4, -0.2) is 50.9 Å². The minimum Gasteiger partial charge on any atom is -0.353 e. The highest BCUT2D eigenvalue weighted by Gasteiger charge is 2.52. The number of benzene rings is 1. The van der Waals surface area contributed by atoms with E-state index in [1.807, 2.05) is 35.8 Å². The lowest BCUT2D eigenvalue weighted by atomic mass is 9.98. The topological polar surface area (TPSA) is 96.3 Å². The largest absolute Gasteiger partial charge is 0.353 e. The van der Waals surface area contributed by atoms with Crippen molar-refractivity contribution in [1.29, 1.82) is 0 Å². The highest BCUT2D eigenvalue weighted by atomic mass is 16.2. The van der Waals surface area contributed by atoms with Crippen LogP contribution in [0.5, 0.6) is 0 Å². The SMILES string of the molecule is Cc1nc2ccccc2n1CCNC(=O)CN1C(=O)NC2(CCCC2)C1=O. The van der Waals surface area contributed by atoms with E-state index in [2.05, 4.69) is 15.6 Å². The van der Waals surface area contributed by atoms with Gasteiger partial charge in [0, 0.05) is 13.1 Å². The Balaban J connectivity index is 1.34. The minimum absolute atomic E-state index is 0.240. The molecule has 2 N–H and O–H groups in total. The lowest BCUT2D eigenvalue weighted by Gasteiger charge is -2.19. The van der Waals surface area contributed by atoms with Crippen molar-refractivity contribution in [1.82, 2.24) is 25.1 Å². The molecule has 1 saturated heterocycles. The smallest absolute Gasteiger partial charge is 0.325 e. The van der Waals surface area contributed by atoms with Crippen molar-refractivity contribution < 1.29 is 14.4 Å². The van der Waals surface area contributed by atoms with Gasteiger partial charge in [0.25, 0.3) is 5.91 Å². The third-order valence-electron chi connectivity index (χ3n) is 5.51. The molecule has 1 saturated carbocycles. The third kappa shape index (κ3) is 3.05. The summed E-state index contributed by atoms with van der Waals surface area (Å²) in [4.78, 5) is 42.5. The van der Waals surface area contributed by atoms with Crippen LogP contribution in [0.2, 0.25) is 0 Å². The number of fused-ring (bicyclic) bond motifs is 1. The van der Waals surface area contributed by atoms with Crippen LogP contribution in [0.4, 0.5) is 4.79 Å². The number of nitrogens with zero attached hydrogens (tertiary/aromatic N) is 3. The van der Waals surface area contributed by atoms with Crippen molar-refractivity contribution in [2.24, 2.45) is 0 Å². The molecule has 1 aliphatic heterocycles. The fraction of sp³-hybridized carbons (Fsp3) is 0.474. The molecule has 2 fully saturated rings. The molecule has 27 heavy (non-hydrogen) atoms. The molecular weight excluding hydrogens is 346 g/mol. The van der Waals surface area contributed by atoms with Gasteiger partial charge >= 0.3 is 6.03 Å². The summed E-state index contributed by atoms with van der Waals surface area (Å²) in [5.41, 5.74) is 1.16. The van der Waals surface area contributed by atoms with Crippen molar-refractivity contribution in [2.75, 3.05) is 13.1 Å². The summed E-state index contributed by atoms with van der Waals surface area (Å²) in [5, 5.41) is 5.58. The molecule has 1 spiro atoms. The number of nitrogens with one attached hydrogen (secondary N) is 2. The van der Waals surface area contributed by atoms with Crippen molar-refractivity contribution in [2.45, 2.75) is 44.7 Å². The lowest BCUT2D eigenvalue weighted by molar-refractivity contribution is -0.134. The van der Waals surface area contributed by atoms with Crippen LogP contribution in [0.25, 0.3) is 11.0 Å². The van der Waals surface area contributed by atoms with Crippen LogP contribution in [0, 0.1) is 6.92 Å². The number of aryl methyl sites for hydroxylation is 1. The fourth-order valence-electron chi connectivity index (χ4n) is 4.12. The number of aromatic nitrogens is 2. The zero-order valence-electron chi connectivity index (χ0n) is 15.3. The van der Waals surface area contributed by atoms with Crippen LogP contribution in [0.1, 0.15) is 31.5 Å². The van der Waals surface area contributed by atoms with E-state index in [4.69, 9.17) is 0 Å². The monoisotopic (exact) mass is 369 g/mol. The first kappa shape index (κ1) is 17.5. The van der Waals surface area contributed by atoms with Gasteiger partial charge in [-0.05, 0) is 31.9 Å². The molecular formula is C19H23N5O3. The van der Waals surface area contributed by atoms with E-state index < -0.39 is 11.6 Å². The molecule has 1 aliphatic carbocycles. The third-order valence-corrected chi connectivity index (χ3v) is 5.51. The number of hydrogen-bond donors (Lipinski definition) is 2. The maximum Gasteiger partial charge on any atom is 0.325 e. The quantitative estimate of drug-likeness (QED) is 0.777. The van der Waals surface area contributed by atoms with E-state index in [9.17, 15) is 14.4 Å². The minimum atomic E-state index is -0.774. The zero-order chi connectivity index (χ0) is 19.0. The molecule has 2 aromatic rings. The standard InChI is InChI=1S/C19H23N5O3/c1-13-21-14-6-2-3-7-15(14)23(13)11-10-20-16(25)12-24-17(26)19(22-18(24)27)8-4-5-9-19/h2-3,6-7H,4-5,8-12H2,1H3,(H,20,25)(H,22,27). The van der Waals surface area contributed by atoms with E-state index >= 15 is 0 Å². The Morgan fingerprint density at radius 3 is 2.78 bits per heavy atom. The number of amides is 4.